The molecule has 11 rings (SSSR count). The molecule has 3 heterocycles. The predicted octanol–water partition coefficient (Wildman–Crippen LogP) is 13.7. The standard InChI is InChI=1S/C50H41N5/c1-3-5-14-30(4-2)29-55-43-27-31(49-51-45-39-19-10-6-15-33(39)34-16-7-11-20-40(34)46(45)52-49)23-25-37(43)38-26-24-32(28-44(38)55)50-53-47-41-21-12-8-17-35(41)36-18-9-13-22-42(36)48(47)54-50/h6-13,15-28,30H,3-5,14,29H2,1-2H3,(H,51,52)(H,53,54). The van der Waals surface area contributed by atoms with Crippen molar-refractivity contribution in [2.45, 2.75) is 46.1 Å². The summed E-state index contributed by atoms with van der Waals surface area (Å²) in [6.07, 6.45) is 4.83. The molecule has 1 atom stereocenters. The second-order valence-corrected chi connectivity index (χ2v) is 15.3. The van der Waals surface area contributed by atoms with Crippen LogP contribution in [0.5, 0.6) is 0 Å². The van der Waals surface area contributed by atoms with Crippen LogP contribution < -0.4 is 0 Å². The van der Waals surface area contributed by atoms with Crippen LogP contribution in [0.3, 0.4) is 0 Å². The number of imidazole rings is 2. The Morgan fingerprint density at radius 3 is 1.35 bits per heavy atom. The number of fused-ring (bicyclic) bond motifs is 15. The van der Waals surface area contributed by atoms with Crippen molar-refractivity contribution in [2.24, 2.45) is 5.92 Å². The summed E-state index contributed by atoms with van der Waals surface area (Å²) in [5, 5.41) is 12.2. The molecule has 0 amide bonds. The zero-order chi connectivity index (χ0) is 36.6. The summed E-state index contributed by atoms with van der Waals surface area (Å²) in [6.45, 7) is 5.61. The van der Waals surface area contributed by atoms with E-state index in [-0.39, 0.29) is 0 Å². The Kier molecular flexibility index (Phi) is 7.31. The van der Waals surface area contributed by atoms with Crippen LogP contribution in [0, 0.1) is 5.92 Å². The summed E-state index contributed by atoms with van der Waals surface area (Å²) in [4.78, 5) is 18.2. The third-order valence-electron chi connectivity index (χ3n) is 12.1. The molecule has 0 fully saturated rings. The number of aromatic amines is 2. The number of hydrogen-bond donors (Lipinski definition) is 2. The molecule has 0 saturated carbocycles. The maximum absolute atomic E-state index is 5.31. The molecule has 11 aromatic rings. The second-order valence-electron chi connectivity index (χ2n) is 15.3. The first-order valence-corrected chi connectivity index (χ1v) is 19.8. The van der Waals surface area contributed by atoms with Gasteiger partial charge < -0.3 is 14.5 Å². The predicted molar refractivity (Wildman–Crippen MR) is 233 cm³/mol. The van der Waals surface area contributed by atoms with E-state index in [0.717, 1.165) is 57.8 Å². The Labute approximate surface area is 318 Å². The molecule has 0 aliphatic heterocycles. The van der Waals surface area contributed by atoms with E-state index in [9.17, 15) is 0 Å². The van der Waals surface area contributed by atoms with E-state index < -0.39 is 0 Å². The molecular formula is C50H41N5. The summed E-state index contributed by atoms with van der Waals surface area (Å²) < 4.78 is 2.59. The molecule has 8 aromatic carbocycles. The molecule has 2 N–H and O–H groups in total. The van der Waals surface area contributed by atoms with Crippen LogP contribution in [0.15, 0.2) is 133 Å². The van der Waals surface area contributed by atoms with Gasteiger partial charge in [0.1, 0.15) is 11.6 Å². The number of unbranched alkanes of at least 4 members (excludes halogenated alkanes) is 1. The first kappa shape index (κ1) is 32.0. The maximum atomic E-state index is 5.31. The lowest BCUT2D eigenvalue weighted by Crippen LogP contribution is -2.10. The van der Waals surface area contributed by atoms with Gasteiger partial charge in [-0.3, -0.25) is 0 Å². The number of aromatic nitrogens is 5. The molecule has 1 unspecified atom stereocenters. The molecular weight excluding hydrogens is 671 g/mol. The Morgan fingerprint density at radius 2 is 0.909 bits per heavy atom. The van der Waals surface area contributed by atoms with E-state index in [4.69, 9.17) is 9.97 Å². The average molecular weight is 712 g/mol. The van der Waals surface area contributed by atoms with Crippen molar-refractivity contribution in [3.05, 3.63) is 133 Å². The van der Waals surface area contributed by atoms with Gasteiger partial charge in [-0.15, -0.1) is 0 Å². The highest BCUT2D eigenvalue weighted by molar-refractivity contribution is 6.25. The average Bonchev–Trinajstić information content (AvgIpc) is 3.98. The van der Waals surface area contributed by atoms with Crippen molar-refractivity contribution in [1.29, 1.82) is 0 Å². The number of nitrogens with zero attached hydrogens (tertiary/aromatic N) is 3. The van der Waals surface area contributed by atoms with E-state index >= 15 is 0 Å². The van der Waals surface area contributed by atoms with Gasteiger partial charge in [0, 0.05) is 61.0 Å². The SMILES string of the molecule is CCCCC(CC)Cn1c2cc(-c3nc4c5ccccc5c5ccccc5c4[nH]3)ccc2c2ccc(-c3nc4c5ccccc5c5ccccc5c4[nH]3)cc21. The van der Waals surface area contributed by atoms with Gasteiger partial charge in [0.05, 0.1) is 22.1 Å². The zero-order valence-electron chi connectivity index (χ0n) is 31.2. The van der Waals surface area contributed by atoms with E-state index in [1.165, 1.54) is 84.2 Å². The number of H-pyrrole nitrogens is 2. The maximum Gasteiger partial charge on any atom is 0.138 e. The minimum Gasteiger partial charge on any atom is -0.340 e. The van der Waals surface area contributed by atoms with Gasteiger partial charge in [-0.05, 0) is 46.0 Å². The Balaban J connectivity index is 1.11. The molecule has 5 heteroatoms. The van der Waals surface area contributed by atoms with Crippen molar-refractivity contribution < 1.29 is 0 Å². The van der Waals surface area contributed by atoms with Gasteiger partial charge in [-0.2, -0.15) is 0 Å². The number of nitrogens with one attached hydrogen (secondary N) is 2. The second kappa shape index (κ2) is 12.6. The van der Waals surface area contributed by atoms with Crippen LogP contribution in [-0.2, 0) is 6.54 Å². The van der Waals surface area contributed by atoms with Crippen LogP contribution in [-0.4, -0.2) is 24.5 Å². The number of hydrogen-bond acceptors (Lipinski definition) is 2. The quantitative estimate of drug-likeness (QED) is 0.154. The minimum atomic E-state index is 0.582. The van der Waals surface area contributed by atoms with E-state index in [0.29, 0.717) is 5.92 Å². The highest BCUT2D eigenvalue weighted by atomic mass is 15.0. The Bertz CT molecular complexity index is 2930. The van der Waals surface area contributed by atoms with E-state index in [2.05, 4.69) is 162 Å². The fourth-order valence-corrected chi connectivity index (χ4v) is 9.28. The fraction of sp³-hybridized carbons (Fsp3) is 0.160. The van der Waals surface area contributed by atoms with Crippen molar-refractivity contribution >= 4 is 87.0 Å². The minimum absolute atomic E-state index is 0.582. The fourth-order valence-electron chi connectivity index (χ4n) is 9.28. The van der Waals surface area contributed by atoms with E-state index in [1.807, 2.05) is 0 Å². The summed E-state index contributed by atoms with van der Waals surface area (Å²) in [6, 6.07) is 48.4. The zero-order valence-corrected chi connectivity index (χ0v) is 31.2. The van der Waals surface area contributed by atoms with Crippen LogP contribution in [0.2, 0.25) is 0 Å². The van der Waals surface area contributed by atoms with Gasteiger partial charge >= 0.3 is 0 Å². The lowest BCUT2D eigenvalue weighted by Gasteiger charge is -2.17. The Hall–Kier alpha value is -6.46. The molecule has 0 spiro atoms. The molecule has 0 radical (unpaired) electrons. The molecule has 0 aliphatic rings. The summed E-state index contributed by atoms with van der Waals surface area (Å²) in [5.41, 5.74) is 8.90. The number of benzene rings is 8. The van der Waals surface area contributed by atoms with Gasteiger partial charge in [-0.25, -0.2) is 9.97 Å². The lowest BCUT2D eigenvalue weighted by molar-refractivity contribution is 0.401. The van der Waals surface area contributed by atoms with Gasteiger partial charge in [0.2, 0.25) is 0 Å². The largest absolute Gasteiger partial charge is 0.340 e. The third-order valence-corrected chi connectivity index (χ3v) is 12.1. The van der Waals surface area contributed by atoms with Crippen LogP contribution in [0.1, 0.15) is 39.5 Å². The topological polar surface area (TPSA) is 62.3 Å². The molecule has 5 nitrogen and oxygen atoms in total. The molecule has 55 heavy (non-hydrogen) atoms. The van der Waals surface area contributed by atoms with Crippen molar-refractivity contribution in [3.8, 4) is 22.8 Å². The van der Waals surface area contributed by atoms with Crippen LogP contribution >= 0.6 is 0 Å². The Morgan fingerprint density at radius 1 is 0.491 bits per heavy atom. The van der Waals surface area contributed by atoms with Gasteiger partial charge in [0.15, 0.2) is 0 Å². The van der Waals surface area contributed by atoms with Crippen LogP contribution in [0.4, 0.5) is 0 Å². The molecule has 0 bridgehead atoms. The highest BCUT2D eigenvalue weighted by Gasteiger charge is 2.20. The summed E-state index contributed by atoms with van der Waals surface area (Å²) >= 11 is 0. The van der Waals surface area contributed by atoms with E-state index in [1.54, 1.807) is 0 Å². The molecule has 266 valence electrons. The smallest absolute Gasteiger partial charge is 0.138 e. The van der Waals surface area contributed by atoms with Crippen molar-refractivity contribution in [3.63, 3.8) is 0 Å². The highest BCUT2D eigenvalue weighted by Crippen LogP contribution is 2.40. The third kappa shape index (κ3) is 4.92. The normalized spacial score (nSPS) is 12.8. The molecule has 0 saturated heterocycles. The van der Waals surface area contributed by atoms with Gasteiger partial charge in [0.25, 0.3) is 0 Å². The van der Waals surface area contributed by atoms with Gasteiger partial charge in [-0.1, -0.05) is 154 Å². The van der Waals surface area contributed by atoms with Crippen molar-refractivity contribution in [2.75, 3.05) is 0 Å². The first-order valence-electron chi connectivity index (χ1n) is 19.8. The number of rotatable bonds is 8. The molecule has 3 aromatic heterocycles. The first-order chi connectivity index (χ1) is 27.2. The van der Waals surface area contributed by atoms with Crippen molar-refractivity contribution in [1.82, 2.24) is 24.5 Å². The molecule has 0 aliphatic carbocycles. The lowest BCUT2D eigenvalue weighted by atomic mass is 9.99. The van der Waals surface area contributed by atoms with Crippen LogP contribution in [0.25, 0.3) is 110 Å². The summed E-state index contributed by atoms with van der Waals surface area (Å²) in [7, 11) is 0. The monoisotopic (exact) mass is 711 g/mol. The summed E-state index contributed by atoms with van der Waals surface area (Å²) in [5.74, 6) is 2.38.